The van der Waals surface area contributed by atoms with Crippen LogP contribution in [0.1, 0.15) is 35.8 Å². The minimum atomic E-state index is -1.10. The maximum absolute atomic E-state index is 10.8. The maximum Gasteiger partial charge on any atom is 0.357 e. The van der Waals surface area contributed by atoms with Gasteiger partial charge < -0.3 is 14.3 Å². The van der Waals surface area contributed by atoms with Crippen LogP contribution in [0.4, 0.5) is 0 Å². The van der Waals surface area contributed by atoms with Crippen LogP contribution in [0, 0.1) is 0 Å². The van der Waals surface area contributed by atoms with E-state index in [2.05, 4.69) is 18.8 Å². The number of rotatable bonds is 4. The highest BCUT2D eigenvalue weighted by molar-refractivity contribution is 5.85. The molecule has 5 nitrogen and oxygen atoms in total. The van der Waals surface area contributed by atoms with Crippen LogP contribution in [0.3, 0.4) is 0 Å². The minimum absolute atomic E-state index is 0.100. The molecule has 0 saturated carbocycles. The molecular formula is C14H15NO4. The van der Waals surface area contributed by atoms with E-state index in [4.69, 9.17) is 14.3 Å². The first-order valence-electron chi connectivity index (χ1n) is 5.90. The Bertz CT molecular complexity index is 601. The lowest BCUT2D eigenvalue weighted by molar-refractivity contribution is 0.0690. The molecule has 1 N–H and O–H groups in total. The number of aromatic nitrogens is 1. The lowest BCUT2D eigenvalue weighted by atomic mass is 9.99. The maximum atomic E-state index is 10.8. The van der Waals surface area contributed by atoms with Gasteiger partial charge in [0.05, 0.1) is 7.11 Å². The molecule has 0 spiro atoms. The van der Waals surface area contributed by atoms with Gasteiger partial charge in [-0.2, -0.15) is 0 Å². The van der Waals surface area contributed by atoms with Gasteiger partial charge in [-0.3, -0.25) is 0 Å². The van der Waals surface area contributed by atoms with E-state index >= 15 is 0 Å². The van der Waals surface area contributed by atoms with E-state index in [0.29, 0.717) is 5.89 Å². The van der Waals surface area contributed by atoms with Crippen LogP contribution in [0.2, 0.25) is 0 Å². The number of methoxy groups -OCH3 is 1. The first-order chi connectivity index (χ1) is 9.02. The summed E-state index contributed by atoms with van der Waals surface area (Å²) in [5, 5.41) is 8.83. The molecule has 19 heavy (non-hydrogen) atoms. The standard InChI is InChI=1S/C14H15NO4/c1-8(2)10-6-9(4-5-12(10)18-3)13-15-11(7-19-13)14(16)17/h4-8H,1-3H3,(H,16,17). The average Bonchev–Trinajstić information content (AvgIpc) is 2.87. The van der Waals surface area contributed by atoms with Crippen molar-refractivity contribution in [2.24, 2.45) is 0 Å². The number of carboxylic acid groups (broad SMARTS) is 1. The topological polar surface area (TPSA) is 72.6 Å². The Balaban J connectivity index is 2.44. The van der Waals surface area contributed by atoms with Crippen molar-refractivity contribution in [1.82, 2.24) is 4.98 Å². The molecule has 100 valence electrons. The van der Waals surface area contributed by atoms with Crippen molar-refractivity contribution in [2.75, 3.05) is 7.11 Å². The summed E-state index contributed by atoms with van der Waals surface area (Å²) in [5.41, 5.74) is 1.66. The zero-order valence-electron chi connectivity index (χ0n) is 11.0. The third-order valence-electron chi connectivity index (χ3n) is 2.82. The molecule has 0 amide bonds. The van der Waals surface area contributed by atoms with Crippen molar-refractivity contribution >= 4 is 5.97 Å². The van der Waals surface area contributed by atoms with E-state index in [1.807, 2.05) is 12.1 Å². The first kappa shape index (κ1) is 13.1. The highest BCUT2D eigenvalue weighted by atomic mass is 16.5. The largest absolute Gasteiger partial charge is 0.496 e. The molecule has 0 saturated heterocycles. The van der Waals surface area contributed by atoms with E-state index in [1.54, 1.807) is 13.2 Å². The number of hydrogen-bond acceptors (Lipinski definition) is 4. The summed E-state index contributed by atoms with van der Waals surface area (Å²) >= 11 is 0. The molecule has 1 heterocycles. The minimum Gasteiger partial charge on any atom is -0.496 e. The summed E-state index contributed by atoms with van der Waals surface area (Å²) in [5.74, 6) is 0.266. The number of hydrogen-bond donors (Lipinski definition) is 1. The number of oxazole rings is 1. The predicted molar refractivity (Wildman–Crippen MR) is 69.5 cm³/mol. The van der Waals surface area contributed by atoms with Gasteiger partial charge in [-0.25, -0.2) is 9.78 Å². The lowest BCUT2D eigenvalue weighted by Crippen LogP contribution is -1.97. The molecule has 2 aromatic rings. The molecule has 0 fully saturated rings. The van der Waals surface area contributed by atoms with Gasteiger partial charge >= 0.3 is 5.97 Å². The van der Waals surface area contributed by atoms with Crippen molar-refractivity contribution < 1.29 is 19.1 Å². The van der Waals surface area contributed by atoms with Gasteiger partial charge in [-0.15, -0.1) is 0 Å². The van der Waals surface area contributed by atoms with E-state index in [-0.39, 0.29) is 11.6 Å². The number of benzene rings is 1. The van der Waals surface area contributed by atoms with Gasteiger partial charge in [-0.05, 0) is 29.7 Å². The summed E-state index contributed by atoms with van der Waals surface area (Å²) in [4.78, 5) is 14.7. The van der Waals surface area contributed by atoms with Crippen LogP contribution in [-0.4, -0.2) is 23.2 Å². The van der Waals surface area contributed by atoms with Crippen LogP contribution in [0.5, 0.6) is 5.75 Å². The second kappa shape index (κ2) is 5.14. The quantitative estimate of drug-likeness (QED) is 0.915. The summed E-state index contributed by atoms with van der Waals surface area (Å²) in [6.07, 6.45) is 1.14. The zero-order valence-corrected chi connectivity index (χ0v) is 11.0. The Hall–Kier alpha value is -2.30. The van der Waals surface area contributed by atoms with Gasteiger partial charge in [0.25, 0.3) is 0 Å². The third-order valence-corrected chi connectivity index (χ3v) is 2.82. The van der Waals surface area contributed by atoms with Gasteiger partial charge in [0.2, 0.25) is 5.89 Å². The molecule has 2 rings (SSSR count). The smallest absolute Gasteiger partial charge is 0.357 e. The highest BCUT2D eigenvalue weighted by Crippen LogP contribution is 2.31. The fourth-order valence-corrected chi connectivity index (χ4v) is 1.82. The number of carboxylic acids is 1. The molecule has 0 radical (unpaired) electrons. The van der Waals surface area contributed by atoms with Crippen LogP contribution in [-0.2, 0) is 0 Å². The monoisotopic (exact) mass is 261 g/mol. The fraction of sp³-hybridized carbons (Fsp3) is 0.286. The Kier molecular flexibility index (Phi) is 3.55. The van der Waals surface area contributed by atoms with Gasteiger partial charge in [0, 0.05) is 5.56 Å². The van der Waals surface area contributed by atoms with Gasteiger partial charge in [0.1, 0.15) is 12.0 Å². The molecule has 5 heteroatoms. The molecule has 0 atom stereocenters. The number of ether oxygens (including phenoxy) is 1. The van der Waals surface area contributed by atoms with Gasteiger partial charge in [-0.1, -0.05) is 13.8 Å². The van der Waals surface area contributed by atoms with Crippen LogP contribution in [0.25, 0.3) is 11.5 Å². The van der Waals surface area contributed by atoms with Crippen molar-refractivity contribution in [3.63, 3.8) is 0 Å². The van der Waals surface area contributed by atoms with Crippen molar-refractivity contribution in [2.45, 2.75) is 19.8 Å². The predicted octanol–water partition coefficient (Wildman–Crippen LogP) is 3.17. The molecule has 0 bridgehead atoms. The van der Waals surface area contributed by atoms with Crippen molar-refractivity contribution in [1.29, 1.82) is 0 Å². The summed E-state index contributed by atoms with van der Waals surface area (Å²) in [6.45, 7) is 4.11. The Morgan fingerprint density at radius 3 is 2.68 bits per heavy atom. The lowest BCUT2D eigenvalue weighted by Gasteiger charge is -2.12. The van der Waals surface area contributed by atoms with E-state index < -0.39 is 5.97 Å². The average molecular weight is 261 g/mol. The molecule has 0 aliphatic carbocycles. The van der Waals surface area contributed by atoms with E-state index in [0.717, 1.165) is 23.1 Å². The summed E-state index contributed by atoms with van der Waals surface area (Å²) in [7, 11) is 1.62. The highest BCUT2D eigenvalue weighted by Gasteiger charge is 2.14. The van der Waals surface area contributed by atoms with Crippen LogP contribution < -0.4 is 4.74 Å². The number of carbonyl (C=O) groups is 1. The van der Waals surface area contributed by atoms with Crippen molar-refractivity contribution in [3.05, 3.63) is 35.7 Å². The molecular weight excluding hydrogens is 246 g/mol. The molecule has 1 aromatic carbocycles. The molecule has 0 unspecified atom stereocenters. The van der Waals surface area contributed by atoms with E-state index in [9.17, 15) is 4.79 Å². The fourth-order valence-electron chi connectivity index (χ4n) is 1.82. The summed E-state index contributed by atoms with van der Waals surface area (Å²) in [6, 6.07) is 5.53. The Morgan fingerprint density at radius 2 is 2.16 bits per heavy atom. The first-order valence-corrected chi connectivity index (χ1v) is 5.90. The van der Waals surface area contributed by atoms with Crippen molar-refractivity contribution in [3.8, 4) is 17.2 Å². The van der Waals surface area contributed by atoms with Gasteiger partial charge in [0.15, 0.2) is 5.69 Å². The Labute approximate surface area is 110 Å². The molecule has 0 aliphatic rings. The summed E-state index contributed by atoms with van der Waals surface area (Å²) < 4.78 is 10.5. The molecule has 1 aromatic heterocycles. The zero-order chi connectivity index (χ0) is 14.0. The molecule has 0 aliphatic heterocycles. The normalized spacial score (nSPS) is 10.7. The second-order valence-electron chi connectivity index (χ2n) is 4.45. The van der Waals surface area contributed by atoms with E-state index in [1.165, 1.54) is 0 Å². The second-order valence-corrected chi connectivity index (χ2v) is 4.45. The Morgan fingerprint density at radius 1 is 1.42 bits per heavy atom. The SMILES string of the molecule is COc1ccc(-c2nc(C(=O)O)co2)cc1C(C)C. The van der Waals surface area contributed by atoms with Crippen LogP contribution in [0.15, 0.2) is 28.9 Å². The van der Waals surface area contributed by atoms with Crippen LogP contribution >= 0.6 is 0 Å². The number of aromatic carboxylic acids is 1. The number of nitrogens with zero attached hydrogens (tertiary/aromatic N) is 1. The third kappa shape index (κ3) is 2.59.